The molecule has 0 bridgehead atoms. The largest absolute Gasteiger partial charge is 0.390 e. The van der Waals surface area contributed by atoms with Crippen LogP contribution >= 0.6 is 0 Å². The fourth-order valence-electron chi connectivity index (χ4n) is 4.16. The molecule has 0 aliphatic carbocycles. The number of aliphatic hydroxyl groups is 1. The molecule has 0 spiro atoms. The number of hydrogen-bond donors (Lipinski definition) is 4. The molecule has 27 heavy (non-hydrogen) atoms. The quantitative estimate of drug-likeness (QED) is 0.518. The monoisotopic (exact) mass is 372 g/mol. The lowest BCUT2D eigenvalue weighted by molar-refractivity contribution is -0.136. The van der Waals surface area contributed by atoms with Gasteiger partial charge in [0.2, 0.25) is 11.8 Å². The number of nitrogens with one attached hydrogen (secondary N) is 3. The van der Waals surface area contributed by atoms with Crippen LogP contribution in [0, 0.1) is 0 Å². The third-order valence-electron chi connectivity index (χ3n) is 5.64. The average molecular weight is 372 g/mol. The molecule has 1 aromatic carbocycles. The minimum absolute atomic E-state index is 0.00940. The molecule has 3 unspecified atom stereocenters. The minimum atomic E-state index is -0.602. The summed E-state index contributed by atoms with van der Waals surface area (Å²) in [6, 6.07) is 5.11. The predicted octanol–water partition coefficient (Wildman–Crippen LogP) is -0.740. The van der Waals surface area contributed by atoms with Crippen molar-refractivity contribution in [1.82, 2.24) is 20.9 Å². The summed E-state index contributed by atoms with van der Waals surface area (Å²) < 4.78 is 0. The second-order valence-electron chi connectivity index (χ2n) is 7.40. The number of nitrogens with zero attached hydrogens (tertiary/aromatic N) is 1. The van der Waals surface area contributed by atoms with Crippen molar-refractivity contribution in [2.45, 2.75) is 50.5 Å². The number of amides is 3. The highest BCUT2D eigenvalue weighted by Gasteiger charge is 2.40. The molecule has 2 saturated heterocycles. The van der Waals surface area contributed by atoms with Gasteiger partial charge in [-0.2, -0.15) is 0 Å². The number of carbonyl (C=O) groups is 3. The number of hydrogen-bond acceptors (Lipinski definition) is 6. The maximum atomic E-state index is 13.0. The minimum Gasteiger partial charge on any atom is -0.390 e. The van der Waals surface area contributed by atoms with E-state index in [1.54, 1.807) is 4.90 Å². The highest BCUT2D eigenvalue weighted by Crippen LogP contribution is 2.30. The first-order chi connectivity index (χ1) is 13.0. The van der Waals surface area contributed by atoms with Crippen molar-refractivity contribution >= 4 is 17.7 Å². The van der Waals surface area contributed by atoms with Crippen LogP contribution in [0.5, 0.6) is 0 Å². The van der Waals surface area contributed by atoms with E-state index in [1.165, 1.54) is 0 Å². The van der Waals surface area contributed by atoms with Gasteiger partial charge < -0.3 is 20.6 Å². The van der Waals surface area contributed by atoms with Gasteiger partial charge in [0.25, 0.3) is 5.91 Å². The molecule has 8 nitrogen and oxygen atoms in total. The maximum absolute atomic E-state index is 13.0. The molecule has 3 amide bonds. The molecule has 0 aromatic heterocycles. The Morgan fingerprint density at radius 3 is 2.85 bits per heavy atom. The van der Waals surface area contributed by atoms with E-state index >= 15 is 0 Å². The van der Waals surface area contributed by atoms with Crippen LogP contribution in [0.4, 0.5) is 0 Å². The summed E-state index contributed by atoms with van der Waals surface area (Å²) in [5.41, 5.74) is 2.41. The number of β-amino-alcohol motifs (C(OH)–C–C–N with tert-alkyl or cyclic N) is 1. The van der Waals surface area contributed by atoms with Crippen LogP contribution in [0.1, 0.15) is 40.7 Å². The van der Waals surface area contributed by atoms with Crippen LogP contribution < -0.4 is 16.0 Å². The van der Waals surface area contributed by atoms with E-state index in [2.05, 4.69) is 16.0 Å². The SMILES string of the molecule is O=C1CCC(N2Cc3cccc(CNC4CCNCC4O)c3C2=O)C(=O)N1. The van der Waals surface area contributed by atoms with Crippen LogP contribution in [-0.2, 0) is 22.7 Å². The molecule has 3 aliphatic rings. The normalized spacial score (nSPS) is 28.3. The molecule has 0 saturated carbocycles. The molecule has 4 rings (SSSR count). The lowest BCUT2D eigenvalue weighted by Crippen LogP contribution is -2.52. The first-order valence-electron chi connectivity index (χ1n) is 9.42. The fraction of sp³-hybridized carbons (Fsp3) is 0.526. The van der Waals surface area contributed by atoms with Crippen LogP contribution in [-0.4, -0.2) is 59.0 Å². The summed E-state index contributed by atoms with van der Waals surface area (Å²) in [7, 11) is 0. The van der Waals surface area contributed by atoms with Crippen molar-refractivity contribution in [2.75, 3.05) is 13.1 Å². The van der Waals surface area contributed by atoms with Gasteiger partial charge in [0.1, 0.15) is 6.04 Å². The van der Waals surface area contributed by atoms with Gasteiger partial charge in [-0.05, 0) is 30.5 Å². The molecular formula is C19H24N4O4. The number of aliphatic hydroxyl groups excluding tert-OH is 1. The summed E-state index contributed by atoms with van der Waals surface area (Å²) in [5, 5.41) is 18.9. The van der Waals surface area contributed by atoms with E-state index in [-0.39, 0.29) is 24.3 Å². The molecule has 144 valence electrons. The van der Waals surface area contributed by atoms with Crippen LogP contribution in [0.2, 0.25) is 0 Å². The molecule has 4 N–H and O–H groups in total. The lowest BCUT2D eigenvalue weighted by Gasteiger charge is -2.30. The van der Waals surface area contributed by atoms with Crippen molar-refractivity contribution in [1.29, 1.82) is 0 Å². The number of carbonyl (C=O) groups excluding carboxylic acids is 3. The Kier molecular flexibility index (Phi) is 4.94. The van der Waals surface area contributed by atoms with Gasteiger partial charge in [0, 0.05) is 37.7 Å². The second-order valence-corrected chi connectivity index (χ2v) is 7.40. The van der Waals surface area contributed by atoms with Crippen molar-refractivity contribution in [3.63, 3.8) is 0 Å². The van der Waals surface area contributed by atoms with Crippen molar-refractivity contribution in [3.8, 4) is 0 Å². The zero-order valence-corrected chi connectivity index (χ0v) is 15.0. The van der Waals surface area contributed by atoms with Crippen LogP contribution in [0.3, 0.4) is 0 Å². The summed E-state index contributed by atoms with van der Waals surface area (Å²) in [6.07, 6.45) is 0.982. The van der Waals surface area contributed by atoms with Gasteiger partial charge in [-0.3, -0.25) is 19.7 Å². The number of fused-ring (bicyclic) bond motifs is 1. The Morgan fingerprint density at radius 2 is 2.07 bits per heavy atom. The molecule has 3 heterocycles. The number of piperidine rings is 2. The summed E-state index contributed by atoms with van der Waals surface area (Å²) >= 11 is 0. The van der Waals surface area contributed by atoms with E-state index in [9.17, 15) is 19.5 Å². The second kappa shape index (κ2) is 7.38. The lowest BCUT2D eigenvalue weighted by atomic mass is 10.0. The molecule has 1 aromatic rings. The predicted molar refractivity (Wildman–Crippen MR) is 96.6 cm³/mol. The molecule has 0 radical (unpaired) electrons. The van der Waals surface area contributed by atoms with E-state index in [0.717, 1.165) is 24.1 Å². The van der Waals surface area contributed by atoms with Gasteiger partial charge >= 0.3 is 0 Å². The third kappa shape index (κ3) is 3.47. The summed E-state index contributed by atoms with van der Waals surface area (Å²) in [4.78, 5) is 38.1. The van der Waals surface area contributed by atoms with Crippen molar-refractivity contribution in [3.05, 3.63) is 34.9 Å². The first-order valence-corrected chi connectivity index (χ1v) is 9.42. The Bertz CT molecular complexity index is 781. The summed E-state index contributed by atoms with van der Waals surface area (Å²) in [5.74, 6) is -0.849. The number of imide groups is 1. The standard InChI is InChI=1S/C19H24N4O4/c24-15-9-20-7-6-13(15)21-8-11-2-1-3-12-10-23(19(27)17(11)12)14-4-5-16(25)22-18(14)26/h1-3,13-15,20-21,24H,4-10H2,(H,22,25,26). The highest BCUT2D eigenvalue weighted by molar-refractivity contribution is 6.05. The first kappa shape index (κ1) is 18.1. The van der Waals surface area contributed by atoms with Crippen molar-refractivity contribution in [2.24, 2.45) is 0 Å². The zero-order valence-electron chi connectivity index (χ0n) is 15.0. The third-order valence-corrected chi connectivity index (χ3v) is 5.64. The fourth-order valence-corrected chi connectivity index (χ4v) is 4.16. The average Bonchev–Trinajstić information content (AvgIpc) is 2.98. The van der Waals surface area contributed by atoms with Gasteiger partial charge in [-0.15, -0.1) is 0 Å². The Hall–Kier alpha value is -2.29. The zero-order chi connectivity index (χ0) is 19.0. The van der Waals surface area contributed by atoms with Gasteiger partial charge in [-0.25, -0.2) is 0 Å². The van der Waals surface area contributed by atoms with Gasteiger partial charge in [0.05, 0.1) is 6.10 Å². The number of benzene rings is 1. The molecular weight excluding hydrogens is 348 g/mol. The molecule has 3 aliphatic heterocycles. The van der Waals surface area contributed by atoms with Crippen molar-refractivity contribution < 1.29 is 19.5 Å². The maximum Gasteiger partial charge on any atom is 0.255 e. The smallest absolute Gasteiger partial charge is 0.255 e. The Morgan fingerprint density at radius 1 is 1.22 bits per heavy atom. The summed E-state index contributed by atoms with van der Waals surface area (Å²) in [6.45, 7) is 2.28. The topological polar surface area (TPSA) is 111 Å². The molecule has 8 heteroatoms. The highest BCUT2D eigenvalue weighted by atomic mass is 16.3. The van der Waals surface area contributed by atoms with E-state index in [0.29, 0.717) is 31.6 Å². The van der Waals surface area contributed by atoms with E-state index in [4.69, 9.17) is 0 Å². The van der Waals surface area contributed by atoms with Gasteiger partial charge in [-0.1, -0.05) is 18.2 Å². The van der Waals surface area contributed by atoms with E-state index < -0.39 is 18.1 Å². The van der Waals surface area contributed by atoms with Crippen LogP contribution in [0.25, 0.3) is 0 Å². The van der Waals surface area contributed by atoms with E-state index in [1.807, 2.05) is 18.2 Å². The Labute approximate surface area is 157 Å². The number of rotatable bonds is 4. The molecule has 2 fully saturated rings. The van der Waals surface area contributed by atoms with Gasteiger partial charge in [0.15, 0.2) is 0 Å². The van der Waals surface area contributed by atoms with Crippen LogP contribution in [0.15, 0.2) is 18.2 Å². The molecule has 3 atom stereocenters. The Balaban J connectivity index is 1.49.